The van der Waals surface area contributed by atoms with Crippen LogP contribution in [-0.4, -0.2) is 82.0 Å². The Kier molecular flexibility index (Phi) is 7.69. The van der Waals surface area contributed by atoms with Crippen molar-refractivity contribution >= 4 is 11.6 Å². The highest BCUT2D eigenvalue weighted by molar-refractivity contribution is 6.30. The number of aryl methyl sites for hydroxylation is 2. The van der Waals surface area contributed by atoms with Gasteiger partial charge < -0.3 is 14.3 Å². The van der Waals surface area contributed by atoms with E-state index in [0.717, 1.165) is 48.9 Å². The summed E-state index contributed by atoms with van der Waals surface area (Å²) in [7, 11) is 4.20. The molecule has 4 rings (SSSR count). The van der Waals surface area contributed by atoms with E-state index in [1.165, 1.54) is 58.2 Å². The summed E-state index contributed by atoms with van der Waals surface area (Å²) in [6.07, 6.45) is 7.90. The summed E-state index contributed by atoms with van der Waals surface area (Å²) in [5, 5.41) is 9.51. The van der Waals surface area contributed by atoms with Gasteiger partial charge in [-0.05, 0) is 59.3 Å². The normalized spacial score (nSPS) is 21.6. The predicted octanol–water partition coefficient (Wildman–Crippen LogP) is 3.81. The van der Waals surface area contributed by atoms with Gasteiger partial charge in [-0.25, -0.2) is 0 Å². The first-order valence-electron chi connectivity index (χ1n) is 11.8. The maximum Gasteiger partial charge on any atom is 0.134 e. The van der Waals surface area contributed by atoms with Crippen LogP contribution in [-0.2, 0) is 13.6 Å². The smallest absolute Gasteiger partial charge is 0.134 e. The van der Waals surface area contributed by atoms with Gasteiger partial charge in [-0.3, -0.25) is 9.58 Å². The Balaban J connectivity index is 1.41. The van der Waals surface area contributed by atoms with Gasteiger partial charge in [0.1, 0.15) is 22.3 Å². The van der Waals surface area contributed by atoms with E-state index in [2.05, 4.69) is 32.0 Å². The molecule has 4 heterocycles. The van der Waals surface area contributed by atoms with Crippen molar-refractivity contribution in [2.45, 2.75) is 58.0 Å². The molecule has 0 spiro atoms. The fourth-order valence-electron chi connectivity index (χ4n) is 4.96. The fraction of sp³-hybridized carbons (Fsp3) is 0.739. The van der Waals surface area contributed by atoms with Crippen molar-refractivity contribution in [3.8, 4) is 11.4 Å². The highest BCUT2D eigenvalue weighted by Gasteiger charge is 2.26. The molecule has 0 aliphatic carbocycles. The molecule has 0 amide bonds. The van der Waals surface area contributed by atoms with Crippen LogP contribution in [0.1, 0.15) is 49.8 Å². The predicted molar refractivity (Wildman–Crippen MR) is 124 cm³/mol. The first kappa shape index (κ1) is 22.8. The lowest BCUT2D eigenvalue weighted by Gasteiger charge is -2.34. The van der Waals surface area contributed by atoms with Crippen LogP contribution in [0, 0.1) is 6.92 Å². The lowest BCUT2D eigenvalue weighted by molar-refractivity contribution is 0.140. The monoisotopic (exact) mass is 448 g/mol. The lowest BCUT2D eigenvalue weighted by Crippen LogP contribution is -2.44. The van der Waals surface area contributed by atoms with E-state index >= 15 is 0 Å². The summed E-state index contributed by atoms with van der Waals surface area (Å²) >= 11 is 6.66. The second-order valence-corrected chi connectivity index (χ2v) is 9.69. The van der Waals surface area contributed by atoms with Gasteiger partial charge in [-0.15, -0.1) is 0 Å². The maximum absolute atomic E-state index is 6.66. The van der Waals surface area contributed by atoms with Gasteiger partial charge >= 0.3 is 0 Å². The Bertz CT molecular complexity index is 843. The number of aromatic nitrogens is 3. The summed E-state index contributed by atoms with van der Waals surface area (Å²) < 4.78 is 7.04. The van der Waals surface area contributed by atoms with Crippen LogP contribution in [0.15, 0.2) is 10.6 Å². The molecule has 0 N–H and O–H groups in total. The van der Waals surface area contributed by atoms with Gasteiger partial charge in [0, 0.05) is 50.9 Å². The van der Waals surface area contributed by atoms with Crippen LogP contribution in [0.5, 0.6) is 0 Å². The van der Waals surface area contributed by atoms with Crippen molar-refractivity contribution in [2.75, 3.05) is 46.3 Å². The third kappa shape index (κ3) is 5.69. The largest absolute Gasteiger partial charge is 0.361 e. The van der Waals surface area contributed by atoms with Gasteiger partial charge in [-0.1, -0.05) is 29.6 Å². The minimum Gasteiger partial charge on any atom is -0.361 e. The Hall–Kier alpha value is -1.41. The van der Waals surface area contributed by atoms with Crippen molar-refractivity contribution in [3.05, 3.63) is 22.5 Å². The average molecular weight is 449 g/mol. The molecular formula is C23H37ClN6O. The second-order valence-electron chi connectivity index (χ2n) is 9.33. The van der Waals surface area contributed by atoms with Gasteiger partial charge in [-0.2, -0.15) is 5.10 Å². The fourth-order valence-corrected chi connectivity index (χ4v) is 5.15. The molecule has 2 saturated heterocycles. The van der Waals surface area contributed by atoms with Crippen molar-refractivity contribution in [3.63, 3.8) is 0 Å². The Morgan fingerprint density at radius 1 is 1.13 bits per heavy atom. The molecule has 2 aliphatic rings. The molecule has 8 heteroatoms. The SMILES string of the molecule is Cc1cc(-c2nn(C)c(Cl)c2CN2CCCCC(N(C)CCN3CCCCC3)C2)no1. The summed E-state index contributed by atoms with van der Waals surface area (Å²) in [4.78, 5) is 7.77. The molecule has 1 unspecified atom stereocenters. The minimum atomic E-state index is 0.584. The summed E-state index contributed by atoms with van der Waals surface area (Å²) in [6.45, 7) is 9.75. The van der Waals surface area contributed by atoms with Crippen LogP contribution >= 0.6 is 11.6 Å². The van der Waals surface area contributed by atoms with E-state index in [1.54, 1.807) is 4.68 Å². The van der Waals surface area contributed by atoms with Crippen LogP contribution in [0.2, 0.25) is 5.15 Å². The van der Waals surface area contributed by atoms with Crippen LogP contribution in [0.4, 0.5) is 0 Å². The zero-order valence-corrected chi connectivity index (χ0v) is 20.1. The first-order valence-corrected chi connectivity index (χ1v) is 12.2. The van der Waals surface area contributed by atoms with E-state index in [0.29, 0.717) is 11.2 Å². The average Bonchev–Trinajstić information content (AvgIpc) is 3.22. The molecule has 7 nitrogen and oxygen atoms in total. The molecule has 0 saturated carbocycles. The van der Waals surface area contributed by atoms with Crippen molar-refractivity contribution in [1.29, 1.82) is 0 Å². The number of likely N-dealkylation sites (tertiary alicyclic amines) is 2. The van der Waals surface area contributed by atoms with E-state index in [4.69, 9.17) is 16.1 Å². The molecule has 2 aromatic rings. The van der Waals surface area contributed by atoms with Gasteiger partial charge in [0.05, 0.1) is 0 Å². The molecule has 0 bridgehead atoms. The molecule has 1 atom stereocenters. The highest BCUT2D eigenvalue weighted by Crippen LogP contribution is 2.30. The highest BCUT2D eigenvalue weighted by atomic mass is 35.5. The lowest BCUT2D eigenvalue weighted by atomic mass is 10.1. The number of nitrogens with zero attached hydrogens (tertiary/aromatic N) is 6. The Morgan fingerprint density at radius 2 is 1.87 bits per heavy atom. The van der Waals surface area contributed by atoms with Crippen molar-refractivity contribution in [2.24, 2.45) is 7.05 Å². The Labute approximate surface area is 191 Å². The minimum absolute atomic E-state index is 0.584. The maximum atomic E-state index is 6.66. The molecule has 2 fully saturated rings. The number of hydrogen-bond donors (Lipinski definition) is 0. The number of piperidine rings is 1. The molecule has 172 valence electrons. The standard InChI is InChI=1S/C23H37ClN6O/c1-18-15-21(26-31-18)22-20(23(24)28(3)25-22)17-30-12-8-5-9-19(16-30)27(2)13-14-29-10-6-4-7-11-29/h15,19H,4-14,16-17H2,1-3H3. The van der Waals surface area contributed by atoms with E-state index in [1.807, 2.05) is 20.0 Å². The molecular weight excluding hydrogens is 412 g/mol. The number of hydrogen-bond acceptors (Lipinski definition) is 6. The van der Waals surface area contributed by atoms with Gasteiger partial charge in [0.15, 0.2) is 0 Å². The zero-order valence-electron chi connectivity index (χ0n) is 19.3. The summed E-state index contributed by atoms with van der Waals surface area (Å²) in [5.74, 6) is 0.785. The quantitative estimate of drug-likeness (QED) is 0.642. The number of halogens is 1. The molecule has 2 aliphatic heterocycles. The number of rotatable bonds is 7. The zero-order chi connectivity index (χ0) is 21.8. The Morgan fingerprint density at radius 3 is 2.61 bits per heavy atom. The topological polar surface area (TPSA) is 53.6 Å². The number of likely N-dealkylation sites (N-methyl/N-ethyl adjacent to an activating group) is 1. The molecule has 31 heavy (non-hydrogen) atoms. The third-order valence-electron chi connectivity index (χ3n) is 6.89. The summed E-state index contributed by atoms with van der Waals surface area (Å²) in [5.41, 5.74) is 2.65. The molecule has 2 aromatic heterocycles. The second kappa shape index (κ2) is 10.5. The molecule has 0 radical (unpaired) electrons. The van der Waals surface area contributed by atoms with Crippen molar-refractivity contribution < 1.29 is 4.52 Å². The van der Waals surface area contributed by atoms with Crippen LogP contribution < -0.4 is 0 Å². The van der Waals surface area contributed by atoms with Gasteiger partial charge in [0.25, 0.3) is 0 Å². The van der Waals surface area contributed by atoms with Crippen molar-refractivity contribution in [1.82, 2.24) is 29.6 Å². The van der Waals surface area contributed by atoms with E-state index in [9.17, 15) is 0 Å². The van der Waals surface area contributed by atoms with Crippen LogP contribution in [0.25, 0.3) is 11.4 Å². The third-order valence-corrected chi connectivity index (χ3v) is 7.37. The van der Waals surface area contributed by atoms with Gasteiger partial charge in [0.2, 0.25) is 0 Å². The van der Waals surface area contributed by atoms with Crippen LogP contribution in [0.3, 0.4) is 0 Å². The first-order chi connectivity index (χ1) is 15.0. The van der Waals surface area contributed by atoms with E-state index in [-0.39, 0.29) is 0 Å². The molecule has 0 aromatic carbocycles. The summed E-state index contributed by atoms with van der Waals surface area (Å²) in [6, 6.07) is 2.52. The van der Waals surface area contributed by atoms with E-state index < -0.39 is 0 Å².